The third-order valence-electron chi connectivity index (χ3n) is 2.03. The van der Waals surface area contributed by atoms with Gasteiger partial charge in [0.25, 0.3) is 0 Å². The minimum absolute atomic E-state index is 0.0827. The highest BCUT2D eigenvalue weighted by Crippen LogP contribution is 2.38. The van der Waals surface area contributed by atoms with Crippen LogP contribution < -0.4 is 10.6 Å². The zero-order chi connectivity index (χ0) is 14.0. The fourth-order valence-electron chi connectivity index (χ4n) is 1.30. The van der Waals surface area contributed by atoms with Crippen LogP contribution >= 0.6 is 21.6 Å². The molecule has 0 unspecified atom stereocenters. The van der Waals surface area contributed by atoms with Gasteiger partial charge in [0.05, 0.1) is 0 Å². The molecule has 0 aliphatic carbocycles. The molecule has 0 fully saturated rings. The number of carbonyl (C=O) groups excluding carboxylic acids is 2. The second-order valence-electron chi connectivity index (χ2n) is 4.50. The van der Waals surface area contributed by atoms with Crippen molar-refractivity contribution in [2.45, 2.75) is 45.3 Å². The Morgan fingerprint density at radius 1 is 1.06 bits per heavy atom. The van der Waals surface area contributed by atoms with Gasteiger partial charge in [-0.25, -0.2) is 0 Å². The van der Waals surface area contributed by atoms with Crippen molar-refractivity contribution in [2.75, 3.05) is 18.8 Å². The van der Waals surface area contributed by atoms with Gasteiger partial charge in [0.15, 0.2) is 0 Å². The van der Waals surface area contributed by atoms with Crippen LogP contribution in [0, 0.1) is 0 Å². The van der Waals surface area contributed by atoms with Crippen molar-refractivity contribution < 1.29 is 9.59 Å². The summed E-state index contributed by atoms with van der Waals surface area (Å²) in [6.45, 7) is 9.27. The molecule has 0 rings (SSSR count). The van der Waals surface area contributed by atoms with Gasteiger partial charge in [-0.15, -0.1) is 0 Å². The molecular formula is C12H24N2O2S2. The van der Waals surface area contributed by atoms with Gasteiger partial charge in [-0.1, -0.05) is 21.6 Å². The summed E-state index contributed by atoms with van der Waals surface area (Å²) in [5.41, 5.74) is 0. The lowest BCUT2D eigenvalue weighted by Gasteiger charge is -2.22. The van der Waals surface area contributed by atoms with Crippen LogP contribution in [-0.4, -0.2) is 35.4 Å². The highest BCUT2D eigenvalue weighted by Gasteiger charge is 2.22. The molecule has 0 atom stereocenters. The highest BCUT2D eigenvalue weighted by atomic mass is 33.1. The summed E-state index contributed by atoms with van der Waals surface area (Å²) in [6.07, 6.45) is 1.03. The Morgan fingerprint density at radius 3 is 2.17 bits per heavy atom. The lowest BCUT2D eigenvalue weighted by molar-refractivity contribution is -0.121. The summed E-state index contributed by atoms with van der Waals surface area (Å²) in [6, 6.07) is 0. The van der Waals surface area contributed by atoms with Crippen molar-refractivity contribution in [3.05, 3.63) is 0 Å². The van der Waals surface area contributed by atoms with Gasteiger partial charge in [-0.05, 0) is 27.7 Å². The second kappa shape index (κ2) is 9.55. The summed E-state index contributed by atoms with van der Waals surface area (Å²) in [4.78, 5) is 22.7. The smallest absolute Gasteiger partial charge is 0.221 e. The number of amides is 2. The Labute approximate surface area is 118 Å². The molecule has 106 valence electrons. The molecule has 0 bridgehead atoms. The summed E-state index contributed by atoms with van der Waals surface area (Å²) in [5, 5.41) is 5.57. The average molecular weight is 292 g/mol. The Balaban J connectivity index is 3.76. The maximum Gasteiger partial charge on any atom is 0.221 e. The van der Waals surface area contributed by atoms with Gasteiger partial charge in [0.1, 0.15) is 0 Å². The first-order chi connectivity index (χ1) is 8.41. The molecule has 0 aromatic heterocycles. The van der Waals surface area contributed by atoms with E-state index in [9.17, 15) is 9.59 Å². The third-order valence-corrected chi connectivity index (χ3v) is 5.32. The summed E-state index contributed by atoms with van der Waals surface area (Å²) in [7, 11) is 3.32. The van der Waals surface area contributed by atoms with Gasteiger partial charge in [0, 0.05) is 36.4 Å². The molecule has 2 amide bonds. The SMILES string of the molecule is CCNC(=O)CCSSC(C)(C)CC(=O)NCC. The van der Waals surface area contributed by atoms with Crippen molar-refractivity contribution in [3.8, 4) is 0 Å². The Bertz CT molecular complexity index is 271. The monoisotopic (exact) mass is 292 g/mol. The van der Waals surface area contributed by atoms with Gasteiger partial charge in [-0.2, -0.15) is 0 Å². The van der Waals surface area contributed by atoms with Gasteiger partial charge in [0.2, 0.25) is 11.8 Å². The quantitative estimate of drug-likeness (QED) is 0.505. The van der Waals surface area contributed by atoms with Crippen molar-refractivity contribution in [1.82, 2.24) is 10.6 Å². The minimum Gasteiger partial charge on any atom is -0.356 e. The number of carbonyl (C=O) groups is 2. The van der Waals surface area contributed by atoms with E-state index >= 15 is 0 Å². The fraction of sp³-hybridized carbons (Fsp3) is 0.833. The summed E-state index contributed by atoms with van der Waals surface area (Å²) >= 11 is 0. The molecule has 0 saturated heterocycles. The molecule has 0 aromatic carbocycles. The predicted molar refractivity (Wildman–Crippen MR) is 80.7 cm³/mol. The Hall–Kier alpha value is -0.360. The van der Waals surface area contributed by atoms with E-state index in [0.29, 0.717) is 25.9 Å². The predicted octanol–water partition coefficient (Wildman–Crippen LogP) is 2.20. The number of nitrogens with one attached hydrogen (secondary N) is 2. The molecule has 0 aromatic rings. The van der Waals surface area contributed by atoms with E-state index in [1.54, 1.807) is 21.6 Å². The first-order valence-electron chi connectivity index (χ1n) is 6.25. The fourth-order valence-corrected chi connectivity index (χ4v) is 3.79. The molecule has 0 aliphatic heterocycles. The maximum atomic E-state index is 11.5. The largest absolute Gasteiger partial charge is 0.356 e. The molecule has 0 saturated carbocycles. The average Bonchev–Trinajstić information content (AvgIpc) is 2.24. The molecule has 6 heteroatoms. The Kier molecular flexibility index (Phi) is 9.36. The van der Waals surface area contributed by atoms with Crippen molar-refractivity contribution in [2.24, 2.45) is 0 Å². The molecule has 0 radical (unpaired) electrons. The van der Waals surface area contributed by atoms with E-state index in [4.69, 9.17) is 0 Å². The minimum atomic E-state index is -0.106. The molecule has 0 heterocycles. The van der Waals surface area contributed by atoms with Crippen LogP contribution in [0.15, 0.2) is 0 Å². The van der Waals surface area contributed by atoms with Crippen LogP contribution in [-0.2, 0) is 9.59 Å². The van der Waals surface area contributed by atoms with Crippen LogP contribution in [0.4, 0.5) is 0 Å². The molecule has 18 heavy (non-hydrogen) atoms. The van der Waals surface area contributed by atoms with Gasteiger partial charge >= 0.3 is 0 Å². The highest BCUT2D eigenvalue weighted by molar-refractivity contribution is 8.77. The summed E-state index contributed by atoms with van der Waals surface area (Å²) < 4.78 is -0.106. The van der Waals surface area contributed by atoms with E-state index in [0.717, 1.165) is 5.75 Å². The molecular weight excluding hydrogens is 268 g/mol. The number of hydrogen-bond acceptors (Lipinski definition) is 4. The van der Waals surface area contributed by atoms with Crippen LogP contribution in [0.2, 0.25) is 0 Å². The zero-order valence-corrected chi connectivity index (χ0v) is 13.3. The second-order valence-corrected chi connectivity index (χ2v) is 7.62. The lowest BCUT2D eigenvalue weighted by atomic mass is 10.1. The van der Waals surface area contributed by atoms with Crippen LogP contribution in [0.25, 0.3) is 0 Å². The van der Waals surface area contributed by atoms with E-state index < -0.39 is 0 Å². The van der Waals surface area contributed by atoms with E-state index in [1.165, 1.54) is 0 Å². The van der Waals surface area contributed by atoms with Gasteiger partial charge in [-0.3, -0.25) is 9.59 Å². The van der Waals surface area contributed by atoms with E-state index in [2.05, 4.69) is 10.6 Å². The van der Waals surface area contributed by atoms with Crippen molar-refractivity contribution in [3.63, 3.8) is 0 Å². The normalized spacial score (nSPS) is 11.1. The standard InChI is InChI=1S/C12H24N2O2S2/c1-5-13-10(15)7-8-17-18-12(3,4)9-11(16)14-6-2/h5-9H2,1-4H3,(H,13,15)(H,14,16). The number of rotatable bonds is 9. The molecule has 4 nitrogen and oxygen atoms in total. The topological polar surface area (TPSA) is 58.2 Å². The third kappa shape index (κ3) is 9.65. The zero-order valence-electron chi connectivity index (χ0n) is 11.7. The molecule has 0 spiro atoms. The maximum absolute atomic E-state index is 11.5. The molecule has 0 aliphatic rings. The first kappa shape index (κ1) is 17.6. The molecule has 2 N–H and O–H groups in total. The van der Waals surface area contributed by atoms with Crippen LogP contribution in [0.5, 0.6) is 0 Å². The van der Waals surface area contributed by atoms with E-state index in [-0.39, 0.29) is 16.6 Å². The number of hydrogen-bond donors (Lipinski definition) is 2. The van der Waals surface area contributed by atoms with Crippen LogP contribution in [0.3, 0.4) is 0 Å². The first-order valence-corrected chi connectivity index (χ1v) is 8.57. The van der Waals surface area contributed by atoms with Crippen LogP contribution in [0.1, 0.15) is 40.5 Å². The van der Waals surface area contributed by atoms with Gasteiger partial charge < -0.3 is 10.6 Å². The lowest BCUT2D eigenvalue weighted by Crippen LogP contribution is -2.29. The van der Waals surface area contributed by atoms with E-state index in [1.807, 2.05) is 27.7 Å². The summed E-state index contributed by atoms with van der Waals surface area (Å²) in [5.74, 6) is 0.946. The van der Waals surface area contributed by atoms with Crippen molar-refractivity contribution in [1.29, 1.82) is 0 Å². The van der Waals surface area contributed by atoms with Crippen molar-refractivity contribution >= 4 is 33.4 Å². The Morgan fingerprint density at radius 2 is 1.61 bits per heavy atom.